The second-order valence-electron chi connectivity index (χ2n) is 11.7. The maximum absolute atomic E-state index is 2.33. The second kappa shape index (κ2) is 19.5. The molecule has 0 heterocycles. The van der Waals surface area contributed by atoms with Crippen molar-refractivity contribution in [1.29, 1.82) is 0 Å². The topological polar surface area (TPSA) is 0 Å². The van der Waals surface area contributed by atoms with E-state index in [0.717, 1.165) is 10.8 Å². The normalized spacial score (nSPS) is 10.7. The van der Waals surface area contributed by atoms with Crippen molar-refractivity contribution >= 4 is 86.7 Å². The minimum absolute atomic E-state index is 0.483. The summed E-state index contributed by atoms with van der Waals surface area (Å²) < 4.78 is 0. The Bertz CT molecular complexity index is 1430. The first-order chi connectivity index (χ1) is 22.7. The molecule has 0 bridgehead atoms. The van der Waals surface area contributed by atoms with Gasteiger partial charge < -0.3 is 0 Å². The van der Waals surface area contributed by atoms with E-state index < -0.39 is 15.8 Å². The first kappa shape index (κ1) is 38.1. The van der Waals surface area contributed by atoms with E-state index in [9.17, 15) is 0 Å². The Labute approximate surface area is 314 Å². The number of halogens is 2. The maximum atomic E-state index is 2.33. The van der Waals surface area contributed by atoms with Crippen molar-refractivity contribution in [3.05, 3.63) is 179 Å². The Morgan fingerprint density at radius 3 is 0.489 bits per heavy atom. The molecule has 0 aliphatic heterocycles. The van der Waals surface area contributed by atoms with Gasteiger partial charge in [0.2, 0.25) is 0 Å². The van der Waals surface area contributed by atoms with E-state index in [1.165, 1.54) is 65.2 Å². The van der Waals surface area contributed by atoms with Crippen molar-refractivity contribution in [1.82, 2.24) is 0 Å². The third-order valence-electron chi connectivity index (χ3n) is 7.75. The van der Waals surface area contributed by atoms with E-state index in [4.69, 9.17) is 0 Å². The van der Waals surface area contributed by atoms with Crippen LogP contribution in [0.1, 0.15) is 33.4 Å². The summed E-state index contributed by atoms with van der Waals surface area (Å²) in [6.07, 6.45) is 0. The van der Waals surface area contributed by atoms with E-state index in [2.05, 4.69) is 226 Å². The van der Waals surface area contributed by atoms with Gasteiger partial charge >= 0.3 is 49.8 Å². The number of hydrogen-bond donors (Lipinski definition) is 0. The Morgan fingerprint density at radius 1 is 0.277 bits per heavy atom. The second-order valence-corrected chi connectivity index (χ2v) is 28.2. The molecule has 6 rings (SSSR count). The van der Waals surface area contributed by atoms with E-state index >= 15 is 0 Å². The zero-order valence-corrected chi connectivity index (χ0v) is 35.5. The van der Waals surface area contributed by atoms with Crippen molar-refractivity contribution in [3.8, 4) is 0 Å². The monoisotopic (exact) mass is 968 g/mol. The van der Waals surface area contributed by atoms with Gasteiger partial charge in [0.25, 0.3) is 0 Å². The van der Waals surface area contributed by atoms with Crippen molar-refractivity contribution in [3.63, 3.8) is 0 Å². The van der Waals surface area contributed by atoms with Crippen LogP contribution >= 0.6 is 54.9 Å². The van der Waals surface area contributed by atoms with Gasteiger partial charge in [-0.05, 0) is 89.2 Å². The van der Waals surface area contributed by atoms with Crippen molar-refractivity contribution in [2.24, 2.45) is 0 Å². The van der Waals surface area contributed by atoms with Gasteiger partial charge in [0.15, 0.2) is 0 Å². The number of rotatable bonds is 6. The van der Waals surface area contributed by atoms with Crippen LogP contribution < -0.4 is 31.8 Å². The molecule has 0 amide bonds. The molecule has 0 saturated heterocycles. The van der Waals surface area contributed by atoms with Gasteiger partial charge in [0, 0.05) is 0 Å². The van der Waals surface area contributed by atoms with Crippen LogP contribution in [0.15, 0.2) is 146 Å². The summed E-state index contributed by atoms with van der Waals surface area (Å²) in [5, 5.41) is 8.46. The Balaban J connectivity index is 0.000000197. The third-order valence-corrected chi connectivity index (χ3v) is 12.6. The first-order valence-corrected chi connectivity index (χ1v) is 27.4. The van der Waals surface area contributed by atoms with E-state index in [1.807, 2.05) is 0 Å². The van der Waals surface area contributed by atoms with Crippen molar-refractivity contribution < 1.29 is 10.8 Å². The van der Waals surface area contributed by atoms with E-state index in [-0.39, 0.29) is 0 Å². The Morgan fingerprint density at radius 2 is 0.383 bits per heavy atom. The molecule has 0 saturated carbocycles. The fourth-order valence-corrected chi connectivity index (χ4v) is 9.53. The number of aryl methyl sites for hydroxylation is 6. The van der Waals surface area contributed by atoms with Crippen LogP contribution in [0.5, 0.6) is 0 Å². The van der Waals surface area contributed by atoms with Crippen LogP contribution in [-0.2, 0) is 10.8 Å². The molecule has 0 N–H and O–H groups in total. The quantitative estimate of drug-likeness (QED) is 0.0887. The summed E-state index contributed by atoms with van der Waals surface area (Å²) in [4.78, 5) is 0. The number of hydrogen-bond acceptors (Lipinski definition) is 0. The molecule has 244 valence electrons. The standard InChI is InChI=1S/2C21H21P.2HI.Pd/c2*1-16-4-10-19(11-5-16)22(20-12-6-17(2)7-13-20)21-14-8-18(3)9-15-21;;;/h2*4-15H,1-3H3;2*1H;/q;;;;+2/p-2. The van der Waals surface area contributed by atoms with Crippen LogP contribution in [0.3, 0.4) is 0 Å². The zero-order chi connectivity index (χ0) is 33.8. The molecule has 0 aromatic heterocycles. The summed E-state index contributed by atoms with van der Waals surface area (Å²) in [5.41, 5.74) is 7.87. The fraction of sp³-hybridized carbons (Fsp3) is 0.143. The van der Waals surface area contributed by atoms with Gasteiger partial charge in [0.05, 0.1) is 0 Å². The summed E-state index contributed by atoms with van der Waals surface area (Å²) in [5.74, 6) is 0. The van der Waals surface area contributed by atoms with Gasteiger partial charge in [-0.25, -0.2) is 0 Å². The third kappa shape index (κ3) is 11.7. The molecule has 0 aliphatic rings. The minimum atomic E-state index is -0.483. The Kier molecular flexibility index (Phi) is 15.8. The zero-order valence-electron chi connectivity index (χ0n) is 27.8. The van der Waals surface area contributed by atoms with Crippen LogP contribution in [0.2, 0.25) is 0 Å². The molecule has 0 fully saturated rings. The predicted octanol–water partition coefficient (Wildman–Crippen LogP) is 10.5. The van der Waals surface area contributed by atoms with Crippen LogP contribution in [0.4, 0.5) is 0 Å². The molecule has 6 aromatic rings. The SMILES string of the molecule is Cc1ccc(P(c2ccc(C)cc2)c2ccc(C)cc2)cc1.Cc1ccc(P(c2ccc(C)cc2)c2ccc(C)cc2)cc1.[I][Pd][I]. The molecule has 0 unspecified atom stereocenters. The van der Waals surface area contributed by atoms with Gasteiger partial charge in [-0.2, -0.15) is 0 Å². The average Bonchev–Trinajstić information content (AvgIpc) is 3.07. The van der Waals surface area contributed by atoms with Gasteiger partial charge in [-0.3, -0.25) is 0 Å². The van der Waals surface area contributed by atoms with E-state index in [0.29, 0.717) is 0 Å². The number of benzene rings is 6. The van der Waals surface area contributed by atoms with Gasteiger partial charge in [-0.15, -0.1) is 0 Å². The molecule has 0 radical (unpaired) electrons. The molecule has 47 heavy (non-hydrogen) atoms. The molecular weight excluding hydrogens is 927 g/mol. The molecule has 5 heteroatoms. The predicted molar refractivity (Wildman–Crippen MR) is 227 cm³/mol. The van der Waals surface area contributed by atoms with Crippen LogP contribution in [0, 0.1) is 41.5 Å². The molecular formula is C42H42I2P2Pd. The molecule has 0 nitrogen and oxygen atoms in total. The van der Waals surface area contributed by atoms with Crippen molar-refractivity contribution in [2.45, 2.75) is 41.5 Å². The van der Waals surface area contributed by atoms with Gasteiger partial charge in [-0.1, -0.05) is 179 Å². The molecule has 0 spiro atoms. The fourth-order valence-electron chi connectivity index (χ4n) is 5.06. The average molecular weight is 969 g/mol. The van der Waals surface area contributed by atoms with Crippen molar-refractivity contribution in [2.75, 3.05) is 0 Å². The summed E-state index contributed by atoms with van der Waals surface area (Å²) in [6.45, 7) is 12.9. The van der Waals surface area contributed by atoms with Crippen LogP contribution in [-0.4, -0.2) is 0 Å². The molecule has 0 aliphatic carbocycles. The summed E-state index contributed by atoms with van der Waals surface area (Å²) >= 11 is 4.65. The van der Waals surface area contributed by atoms with Gasteiger partial charge in [0.1, 0.15) is 0 Å². The summed E-state index contributed by atoms with van der Waals surface area (Å²) in [6, 6.07) is 53.9. The first-order valence-electron chi connectivity index (χ1n) is 15.5. The van der Waals surface area contributed by atoms with Crippen LogP contribution in [0.25, 0.3) is 0 Å². The Hall–Kier alpha value is -1.70. The molecule has 6 aromatic carbocycles. The summed E-state index contributed by atoms with van der Waals surface area (Å²) in [7, 11) is -0.0763. The van der Waals surface area contributed by atoms with E-state index in [1.54, 1.807) is 0 Å². The molecule has 0 atom stereocenters.